The molecule has 0 bridgehead atoms. The van der Waals surface area contributed by atoms with Crippen LogP contribution in [0.3, 0.4) is 0 Å². The summed E-state index contributed by atoms with van der Waals surface area (Å²) >= 11 is 3.30. The summed E-state index contributed by atoms with van der Waals surface area (Å²) in [7, 11) is 0. The monoisotopic (exact) mass is 379 g/mol. The lowest BCUT2D eigenvalue weighted by atomic mass is 10.2. The molecule has 0 aliphatic heterocycles. The first-order chi connectivity index (χ1) is 12.1. The minimum atomic E-state index is -0.00821. The van der Waals surface area contributed by atoms with Crippen LogP contribution in [-0.2, 0) is 23.4 Å². The number of thioether (sulfide) groups is 1. The van der Waals surface area contributed by atoms with Gasteiger partial charge in [-0.3, -0.25) is 9.59 Å². The van der Waals surface area contributed by atoms with E-state index in [0.29, 0.717) is 18.0 Å². The molecule has 0 aromatic carbocycles. The second kappa shape index (κ2) is 8.36. The molecule has 1 atom stereocenters. The van der Waals surface area contributed by atoms with E-state index in [2.05, 4.69) is 22.2 Å². The lowest BCUT2D eigenvalue weighted by Gasteiger charge is -2.12. The van der Waals surface area contributed by atoms with E-state index in [1.165, 1.54) is 10.4 Å². The highest BCUT2D eigenvalue weighted by Crippen LogP contribution is 2.34. The van der Waals surface area contributed by atoms with Crippen molar-refractivity contribution in [2.24, 2.45) is 0 Å². The van der Waals surface area contributed by atoms with Gasteiger partial charge in [0, 0.05) is 23.1 Å². The number of aromatic nitrogens is 2. The Balaban J connectivity index is 1.52. The fourth-order valence-electron chi connectivity index (χ4n) is 3.30. The van der Waals surface area contributed by atoms with Gasteiger partial charge in [0.25, 0.3) is 5.56 Å². The Labute approximate surface area is 156 Å². The lowest BCUT2D eigenvalue weighted by Crippen LogP contribution is -2.32. The zero-order valence-electron chi connectivity index (χ0n) is 14.8. The van der Waals surface area contributed by atoms with Crippen molar-refractivity contribution >= 4 is 39.2 Å². The number of H-pyrrole nitrogens is 1. The Morgan fingerprint density at radius 2 is 2.28 bits per heavy atom. The van der Waals surface area contributed by atoms with Crippen LogP contribution in [-0.4, -0.2) is 27.7 Å². The molecule has 5 nitrogen and oxygen atoms in total. The third-order valence-electron chi connectivity index (χ3n) is 4.47. The van der Waals surface area contributed by atoms with E-state index >= 15 is 0 Å². The molecule has 1 amide bonds. The molecule has 2 heterocycles. The van der Waals surface area contributed by atoms with Gasteiger partial charge in [0.1, 0.15) is 10.7 Å². The van der Waals surface area contributed by atoms with Crippen molar-refractivity contribution < 1.29 is 4.79 Å². The van der Waals surface area contributed by atoms with Crippen LogP contribution in [0.15, 0.2) is 4.79 Å². The van der Waals surface area contributed by atoms with Gasteiger partial charge in [-0.25, -0.2) is 4.98 Å². The zero-order valence-corrected chi connectivity index (χ0v) is 16.4. The zero-order chi connectivity index (χ0) is 17.8. The Morgan fingerprint density at radius 3 is 3.08 bits per heavy atom. The summed E-state index contributed by atoms with van der Waals surface area (Å²) in [5.74, 6) is 2.17. The summed E-state index contributed by atoms with van der Waals surface area (Å²) < 4.78 is 0. The first kappa shape index (κ1) is 18.5. The number of carbonyl (C=O) groups excluding carboxylic acids is 1. The standard InChI is InChI=1S/C18H25N3O2S2/c1-3-5-11(2)19-15(22)8-9-24-10-14-20-17(23)16-12-6-4-7-13(12)25-18(16)21-14/h11H,3-10H2,1-2H3,(H,19,22)(H,20,21,23). The molecule has 2 N–H and O–H groups in total. The van der Waals surface area contributed by atoms with Crippen molar-refractivity contribution in [2.75, 3.05) is 5.75 Å². The highest BCUT2D eigenvalue weighted by Gasteiger charge is 2.21. The predicted octanol–water partition coefficient (Wildman–Crippen LogP) is 3.40. The number of nitrogens with one attached hydrogen (secondary N) is 2. The van der Waals surface area contributed by atoms with Gasteiger partial charge in [-0.1, -0.05) is 13.3 Å². The van der Waals surface area contributed by atoms with Crippen molar-refractivity contribution in [1.82, 2.24) is 15.3 Å². The van der Waals surface area contributed by atoms with E-state index in [9.17, 15) is 9.59 Å². The number of hydrogen-bond donors (Lipinski definition) is 2. The van der Waals surface area contributed by atoms with Gasteiger partial charge in [-0.15, -0.1) is 11.3 Å². The van der Waals surface area contributed by atoms with E-state index in [4.69, 9.17) is 0 Å². The Hall–Kier alpha value is -1.34. The second-order valence-corrected chi connectivity index (χ2v) is 8.80. The third-order valence-corrected chi connectivity index (χ3v) is 6.62. The van der Waals surface area contributed by atoms with E-state index in [1.807, 2.05) is 6.92 Å². The molecule has 1 aliphatic carbocycles. The largest absolute Gasteiger partial charge is 0.354 e. The lowest BCUT2D eigenvalue weighted by molar-refractivity contribution is -0.121. The smallest absolute Gasteiger partial charge is 0.259 e. The number of fused-ring (bicyclic) bond motifs is 3. The molecule has 1 aliphatic rings. The van der Waals surface area contributed by atoms with Crippen LogP contribution in [0.2, 0.25) is 0 Å². The highest BCUT2D eigenvalue weighted by atomic mass is 32.2. The van der Waals surface area contributed by atoms with Crippen molar-refractivity contribution in [1.29, 1.82) is 0 Å². The summed E-state index contributed by atoms with van der Waals surface area (Å²) in [5, 5.41) is 3.81. The van der Waals surface area contributed by atoms with E-state index in [-0.39, 0.29) is 17.5 Å². The van der Waals surface area contributed by atoms with E-state index in [0.717, 1.165) is 48.1 Å². The Morgan fingerprint density at radius 1 is 1.44 bits per heavy atom. The summed E-state index contributed by atoms with van der Waals surface area (Å²) in [5.41, 5.74) is 1.21. The summed E-state index contributed by atoms with van der Waals surface area (Å²) in [6.45, 7) is 4.15. The van der Waals surface area contributed by atoms with Gasteiger partial charge >= 0.3 is 0 Å². The Kier molecular flexibility index (Phi) is 6.17. The number of aryl methyl sites for hydroxylation is 2. The molecule has 0 saturated heterocycles. The van der Waals surface area contributed by atoms with Gasteiger partial charge in [-0.2, -0.15) is 11.8 Å². The molecule has 136 valence electrons. The Bertz CT molecular complexity index is 812. The van der Waals surface area contributed by atoms with Crippen LogP contribution in [0.25, 0.3) is 10.2 Å². The number of hydrogen-bond acceptors (Lipinski definition) is 5. The van der Waals surface area contributed by atoms with Crippen molar-refractivity contribution in [3.63, 3.8) is 0 Å². The molecular formula is C18H25N3O2S2. The average Bonchev–Trinajstić information content (AvgIpc) is 3.12. The third kappa shape index (κ3) is 4.44. The number of rotatable bonds is 8. The van der Waals surface area contributed by atoms with Gasteiger partial charge in [-0.05, 0) is 38.2 Å². The maximum Gasteiger partial charge on any atom is 0.259 e. The first-order valence-corrected chi connectivity index (χ1v) is 11.0. The fraction of sp³-hybridized carbons (Fsp3) is 0.611. The molecule has 25 heavy (non-hydrogen) atoms. The first-order valence-electron chi connectivity index (χ1n) is 8.99. The predicted molar refractivity (Wildman–Crippen MR) is 106 cm³/mol. The number of thiophene rings is 1. The van der Waals surface area contributed by atoms with Crippen molar-refractivity contribution in [3.05, 3.63) is 26.6 Å². The van der Waals surface area contributed by atoms with Crippen LogP contribution in [0.4, 0.5) is 0 Å². The van der Waals surface area contributed by atoms with Crippen molar-refractivity contribution in [3.8, 4) is 0 Å². The summed E-state index contributed by atoms with van der Waals surface area (Å²) in [6.07, 6.45) is 5.80. The molecule has 2 aromatic heterocycles. The molecule has 0 fully saturated rings. The molecular weight excluding hydrogens is 354 g/mol. The number of amides is 1. The van der Waals surface area contributed by atoms with Gasteiger partial charge < -0.3 is 10.3 Å². The van der Waals surface area contributed by atoms with Crippen LogP contribution >= 0.6 is 23.1 Å². The second-order valence-electron chi connectivity index (χ2n) is 6.61. The number of aromatic amines is 1. The SMILES string of the molecule is CCCC(C)NC(=O)CCSCc1nc2sc3c(c2c(=O)[nH]1)CCC3. The molecule has 0 saturated carbocycles. The highest BCUT2D eigenvalue weighted by molar-refractivity contribution is 7.98. The van der Waals surface area contributed by atoms with Crippen molar-refractivity contribution in [2.45, 2.75) is 64.2 Å². The average molecular weight is 380 g/mol. The molecule has 1 unspecified atom stereocenters. The van der Waals surface area contributed by atoms with E-state index < -0.39 is 0 Å². The quantitative estimate of drug-likeness (QED) is 0.689. The maximum atomic E-state index is 12.4. The summed E-state index contributed by atoms with van der Waals surface area (Å²) in [6, 6.07) is 0.240. The molecule has 0 radical (unpaired) electrons. The van der Waals surface area contributed by atoms with Gasteiger partial charge in [0.15, 0.2) is 0 Å². The van der Waals surface area contributed by atoms with Crippen LogP contribution in [0.5, 0.6) is 0 Å². The topological polar surface area (TPSA) is 74.8 Å². The number of carbonyl (C=O) groups is 1. The minimum absolute atomic E-state index is 0.00821. The van der Waals surface area contributed by atoms with E-state index in [1.54, 1.807) is 23.1 Å². The molecule has 0 spiro atoms. The van der Waals surface area contributed by atoms with Crippen LogP contribution in [0, 0.1) is 0 Å². The number of nitrogens with zero attached hydrogens (tertiary/aromatic N) is 1. The molecule has 3 rings (SSSR count). The fourth-order valence-corrected chi connectivity index (χ4v) is 5.39. The summed E-state index contributed by atoms with van der Waals surface area (Å²) in [4.78, 5) is 34.0. The van der Waals surface area contributed by atoms with Gasteiger partial charge in [0.05, 0.1) is 11.1 Å². The molecule has 2 aromatic rings. The van der Waals surface area contributed by atoms with Crippen LogP contribution < -0.4 is 10.9 Å². The minimum Gasteiger partial charge on any atom is -0.354 e. The maximum absolute atomic E-state index is 12.4. The normalized spacial score (nSPS) is 14.6. The molecule has 7 heteroatoms. The van der Waals surface area contributed by atoms with Crippen LogP contribution in [0.1, 0.15) is 55.8 Å². The van der Waals surface area contributed by atoms with Gasteiger partial charge in [0.2, 0.25) is 5.91 Å².